The normalized spacial score (nSPS) is 27.1. The molecule has 4 rings (SSSR count). The van der Waals surface area contributed by atoms with Crippen molar-refractivity contribution in [1.29, 1.82) is 0 Å². The topological polar surface area (TPSA) is 28.1 Å². The summed E-state index contributed by atoms with van der Waals surface area (Å²) in [6.07, 6.45) is 10.2. The fourth-order valence-electron chi connectivity index (χ4n) is 3.41. The zero-order valence-corrected chi connectivity index (χ0v) is 13.4. The summed E-state index contributed by atoms with van der Waals surface area (Å²) in [7, 11) is 2.10. The van der Waals surface area contributed by atoms with E-state index in [0.717, 1.165) is 5.75 Å². The number of benzene rings is 1. The molecule has 0 spiro atoms. The Hall–Kier alpha value is -2.23. The fourth-order valence-corrected chi connectivity index (χ4v) is 3.41. The van der Waals surface area contributed by atoms with Crippen molar-refractivity contribution in [3.63, 3.8) is 0 Å². The second-order valence-electron chi connectivity index (χ2n) is 6.67. The van der Waals surface area contributed by atoms with Crippen molar-refractivity contribution in [2.75, 3.05) is 11.9 Å². The lowest BCUT2D eigenvalue weighted by Gasteiger charge is -2.39. The Labute approximate surface area is 131 Å². The minimum Gasteiger partial charge on any atom is -0.483 e. The van der Waals surface area contributed by atoms with E-state index < -0.39 is 0 Å². The van der Waals surface area contributed by atoms with E-state index in [2.05, 4.69) is 67.1 Å². The molecule has 0 bridgehead atoms. The van der Waals surface area contributed by atoms with Crippen LogP contribution >= 0.6 is 0 Å². The van der Waals surface area contributed by atoms with Crippen molar-refractivity contribution >= 4 is 11.9 Å². The SMILES string of the molecule is Cc1ccc2c(c1N1C=CN(C)C1(C)C)OC1C=CN=CC21. The first-order valence-electron chi connectivity index (χ1n) is 7.71. The molecule has 0 amide bonds. The van der Waals surface area contributed by atoms with Gasteiger partial charge >= 0.3 is 0 Å². The van der Waals surface area contributed by atoms with Gasteiger partial charge in [-0.1, -0.05) is 12.1 Å². The summed E-state index contributed by atoms with van der Waals surface area (Å²) in [5.74, 6) is 1.23. The van der Waals surface area contributed by atoms with Gasteiger partial charge in [-0.2, -0.15) is 0 Å². The average Bonchev–Trinajstić information content (AvgIpc) is 2.98. The third kappa shape index (κ3) is 1.67. The molecule has 0 saturated heterocycles. The van der Waals surface area contributed by atoms with Gasteiger partial charge in [-0.05, 0) is 32.4 Å². The highest BCUT2D eigenvalue weighted by Gasteiger charge is 2.40. The van der Waals surface area contributed by atoms with Crippen LogP contribution in [0.4, 0.5) is 5.69 Å². The van der Waals surface area contributed by atoms with E-state index in [1.165, 1.54) is 16.8 Å². The molecule has 0 saturated carbocycles. The van der Waals surface area contributed by atoms with Gasteiger partial charge in [0.2, 0.25) is 0 Å². The van der Waals surface area contributed by atoms with E-state index in [1.807, 2.05) is 18.5 Å². The number of rotatable bonds is 1. The molecule has 0 aromatic heterocycles. The third-order valence-corrected chi connectivity index (χ3v) is 5.07. The average molecular weight is 295 g/mol. The standard InChI is InChI=1S/C18H21N3O/c1-12-5-6-13-14-11-19-8-7-15(14)22-17(13)16(12)21-10-9-20(4)18(21,2)3/h5-11,14-15H,1-4H3. The summed E-state index contributed by atoms with van der Waals surface area (Å²) >= 11 is 0. The number of nitrogens with zero attached hydrogens (tertiary/aromatic N) is 3. The predicted molar refractivity (Wildman–Crippen MR) is 89.4 cm³/mol. The molecule has 4 heteroatoms. The molecular weight excluding hydrogens is 274 g/mol. The molecule has 4 nitrogen and oxygen atoms in total. The van der Waals surface area contributed by atoms with Gasteiger partial charge in [0.15, 0.2) is 0 Å². The molecule has 22 heavy (non-hydrogen) atoms. The molecule has 3 aliphatic heterocycles. The summed E-state index contributed by atoms with van der Waals surface area (Å²) in [6.45, 7) is 6.58. The highest BCUT2D eigenvalue weighted by molar-refractivity contribution is 5.80. The molecule has 3 heterocycles. The smallest absolute Gasteiger partial charge is 0.148 e. The second kappa shape index (κ2) is 4.38. The van der Waals surface area contributed by atoms with Gasteiger partial charge in [0.1, 0.15) is 17.5 Å². The predicted octanol–water partition coefficient (Wildman–Crippen LogP) is 3.40. The van der Waals surface area contributed by atoms with E-state index in [-0.39, 0.29) is 17.7 Å². The van der Waals surface area contributed by atoms with Crippen LogP contribution in [-0.4, -0.2) is 29.9 Å². The highest BCUT2D eigenvalue weighted by Crippen LogP contribution is 2.49. The van der Waals surface area contributed by atoms with Gasteiger partial charge in [0.25, 0.3) is 0 Å². The van der Waals surface area contributed by atoms with Crippen LogP contribution in [-0.2, 0) is 0 Å². The van der Waals surface area contributed by atoms with Crippen molar-refractivity contribution in [2.45, 2.75) is 38.5 Å². The van der Waals surface area contributed by atoms with Crippen LogP contribution in [0.1, 0.15) is 30.9 Å². The van der Waals surface area contributed by atoms with Crippen molar-refractivity contribution in [2.24, 2.45) is 4.99 Å². The van der Waals surface area contributed by atoms with Crippen LogP contribution in [0.3, 0.4) is 0 Å². The Kier molecular flexibility index (Phi) is 2.68. The first-order chi connectivity index (χ1) is 10.5. The molecule has 0 aliphatic carbocycles. The molecule has 2 atom stereocenters. The summed E-state index contributed by atoms with van der Waals surface area (Å²) in [6, 6.07) is 4.37. The maximum Gasteiger partial charge on any atom is 0.148 e. The molecule has 2 unspecified atom stereocenters. The Morgan fingerprint density at radius 2 is 2.05 bits per heavy atom. The molecule has 0 radical (unpaired) electrons. The van der Waals surface area contributed by atoms with Crippen molar-refractivity contribution in [3.8, 4) is 5.75 Å². The first kappa shape index (κ1) is 13.4. The molecule has 1 aromatic rings. The lowest BCUT2D eigenvalue weighted by atomic mass is 9.93. The van der Waals surface area contributed by atoms with Crippen molar-refractivity contribution in [1.82, 2.24) is 4.90 Å². The van der Waals surface area contributed by atoms with Crippen molar-refractivity contribution in [3.05, 3.63) is 47.9 Å². The lowest BCUT2D eigenvalue weighted by molar-refractivity contribution is 0.246. The summed E-state index contributed by atoms with van der Waals surface area (Å²) < 4.78 is 6.29. The summed E-state index contributed by atoms with van der Waals surface area (Å²) in [5, 5.41) is 0. The van der Waals surface area contributed by atoms with Gasteiger partial charge in [0, 0.05) is 37.4 Å². The Balaban J connectivity index is 1.86. The van der Waals surface area contributed by atoms with Gasteiger partial charge in [-0.15, -0.1) is 0 Å². The number of hydrogen-bond acceptors (Lipinski definition) is 4. The Morgan fingerprint density at radius 3 is 2.77 bits per heavy atom. The highest BCUT2D eigenvalue weighted by atomic mass is 16.5. The second-order valence-corrected chi connectivity index (χ2v) is 6.67. The van der Waals surface area contributed by atoms with Crippen LogP contribution in [0.15, 0.2) is 41.8 Å². The molecule has 114 valence electrons. The van der Waals surface area contributed by atoms with E-state index in [1.54, 1.807) is 0 Å². The number of aryl methyl sites for hydroxylation is 1. The van der Waals surface area contributed by atoms with Gasteiger partial charge in [-0.25, -0.2) is 0 Å². The van der Waals surface area contributed by atoms with Crippen LogP contribution in [0.5, 0.6) is 5.75 Å². The first-order valence-corrected chi connectivity index (χ1v) is 7.71. The lowest BCUT2D eigenvalue weighted by Crippen LogP contribution is -2.47. The zero-order chi connectivity index (χ0) is 15.5. The largest absolute Gasteiger partial charge is 0.483 e. The van der Waals surface area contributed by atoms with Gasteiger partial charge in [-0.3, -0.25) is 4.99 Å². The van der Waals surface area contributed by atoms with E-state index in [4.69, 9.17) is 4.74 Å². The molecule has 1 aromatic carbocycles. The number of ether oxygens (including phenoxy) is 1. The number of fused-ring (bicyclic) bond motifs is 3. The van der Waals surface area contributed by atoms with Crippen LogP contribution in [0.2, 0.25) is 0 Å². The van der Waals surface area contributed by atoms with E-state index in [0.29, 0.717) is 0 Å². The number of anilines is 1. The molecule has 3 aliphatic rings. The Bertz CT molecular complexity index is 717. The minimum absolute atomic E-state index is 0.0699. The minimum atomic E-state index is -0.110. The van der Waals surface area contributed by atoms with Crippen molar-refractivity contribution < 1.29 is 4.74 Å². The van der Waals surface area contributed by atoms with E-state index in [9.17, 15) is 0 Å². The van der Waals surface area contributed by atoms with Gasteiger partial charge in [0.05, 0.1) is 11.6 Å². The quantitative estimate of drug-likeness (QED) is 0.795. The van der Waals surface area contributed by atoms with Crippen LogP contribution in [0.25, 0.3) is 0 Å². The molecule has 0 N–H and O–H groups in total. The summed E-state index contributed by atoms with van der Waals surface area (Å²) in [5.41, 5.74) is 3.52. The zero-order valence-electron chi connectivity index (χ0n) is 13.4. The maximum atomic E-state index is 6.29. The van der Waals surface area contributed by atoms with Crippen LogP contribution in [0, 0.1) is 6.92 Å². The van der Waals surface area contributed by atoms with Gasteiger partial charge < -0.3 is 14.5 Å². The fraction of sp³-hybridized carbons (Fsp3) is 0.389. The Morgan fingerprint density at radius 1 is 1.23 bits per heavy atom. The third-order valence-electron chi connectivity index (χ3n) is 5.07. The maximum absolute atomic E-state index is 6.29. The molecule has 0 fully saturated rings. The summed E-state index contributed by atoms with van der Waals surface area (Å²) in [4.78, 5) is 8.81. The monoisotopic (exact) mass is 295 g/mol. The number of aliphatic imine (C=N–C) groups is 1. The van der Waals surface area contributed by atoms with Crippen LogP contribution < -0.4 is 9.64 Å². The number of hydrogen-bond donors (Lipinski definition) is 0. The van der Waals surface area contributed by atoms with E-state index >= 15 is 0 Å². The molecular formula is C18H21N3O.